The summed E-state index contributed by atoms with van der Waals surface area (Å²) in [5.41, 5.74) is 4.24. The average Bonchev–Trinajstić information content (AvgIpc) is 2.40. The first-order valence-electron chi connectivity index (χ1n) is 5.85. The van der Waals surface area contributed by atoms with Crippen LogP contribution in [0.5, 0.6) is 0 Å². The number of aliphatic hydroxyl groups is 1. The number of aromatic nitrogens is 1. The third-order valence-corrected chi connectivity index (χ3v) is 2.82. The van der Waals surface area contributed by atoms with Gasteiger partial charge >= 0.3 is 0 Å². The number of hydrogen-bond acceptors (Lipinski definition) is 2. The predicted molar refractivity (Wildman–Crippen MR) is 73.0 cm³/mol. The van der Waals surface area contributed by atoms with Crippen LogP contribution in [0.25, 0.3) is 11.1 Å². The number of nitrogens with zero attached hydrogens (tertiary/aromatic N) is 1. The van der Waals surface area contributed by atoms with Gasteiger partial charge in [0.1, 0.15) is 6.10 Å². The van der Waals surface area contributed by atoms with E-state index in [4.69, 9.17) is 6.42 Å². The molecule has 2 nitrogen and oxygen atoms in total. The second kappa shape index (κ2) is 5.48. The molecule has 0 bridgehead atoms. The van der Waals surface area contributed by atoms with Gasteiger partial charge in [0, 0.05) is 23.9 Å². The van der Waals surface area contributed by atoms with Gasteiger partial charge in [-0.1, -0.05) is 36.3 Å². The second-order valence-corrected chi connectivity index (χ2v) is 4.27. The Kier molecular flexibility index (Phi) is 3.76. The van der Waals surface area contributed by atoms with E-state index in [2.05, 4.69) is 10.9 Å². The van der Waals surface area contributed by atoms with Gasteiger partial charge in [-0.05, 0) is 24.1 Å². The fourth-order valence-electron chi connectivity index (χ4n) is 1.75. The molecule has 1 aromatic heterocycles. The maximum atomic E-state index is 9.38. The highest BCUT2D eigenvalue weighted by Gasteiger charge is 2.02. The van der Waals surface area contributed by atoms with Crippen molar-refractivity contribution < 1.29 is 5.11 Å². The summed E-state index contributed by atoms with van der Waals surface area (Å²) in [5.74, 6) is 2.31. The lowest BCUT2D eigenvalue weighted by molar-refractivity contribution is 0.233. The summed E-state index contributed by atoms with van der Waals surface area (Å²) in [6.07, 6.45) is 6.79. The Hall–Kier alpha value is -2.11. The number of hydrogen-bond donors (Lipinski definition) is 1. The lowest BCUT2D eigenvalue weighted by Crippen LogP contribution is -2.06. The molecule has 18 heavy (non-hydrogen) atoms. The van der Waals surface area contributed by atoms with Gasteiger partial charge in [-0.3, -0.25) is 4.98 Å². The van der Waals surface area contributed by atoms with Crippen molar-refractivity contribution >= 4 is 0 Å². The van der Waals surface area contributed by atoms with Crippen molar-refractivity contribution in [3.05, 3.63) is 53.9 Å². The third-order valence-electron chi connectivity index (χ3n) is 2.82. The molecule has 0 saturated carbocycles. The van der Waals surface area contributed by atoms with E-state index in [1.165, 1.54) is 0 Å². The van der Waals surface area contributed by atoms with Crippen LogP contribution in [0.3, 0.4) is 0 Å². The van der Waals surface area contributed by atoms with Crippen LogP contribution < -0.4 is 0 Å². The van der Waals surface area contributed by atoms with E-state index in [9.17, 15) is 5.11 Å². The van der Waals surface area contributed by atoms with Crippen LogP contribution >= 0.6 is 0 Å². The number of terminal acetylenes is 1. The zero-order chi connectivity index (χ0) is 13.0. The highest BCUT2D eigenvalue weighted by molar-refractivity contribution is 5.62. The van der Waals surface area contributed by atoms with Crippen molar-refractivity contribution in [3.8, 4) is 23.5 Å². The largest absolute Gasteiger partial charge is 0.380 e. The van der Waals surface area contributed by atoms with Crippen molar-refractivity contribution in [1.29, 1.82) is 0 Å². The predicted octanol–water partition coefficient (Wildman–Crippen LogP) is 2.59. The van der Waals surface area contributed by atoms with Crippen LogP contribution in [0.4, 0.5) is 0 Å². The van der Waals surface area contributed by atoms with Gasteiger partial charge in [0.2, 0.25) is 0 Å². The van der Waals surface area contributed by atoms with E-state index in [0.717, 1.165) is 22.4 Å². The molecular formula is C16H15NO. The molecular weight excluding hydrogens is 222 g/mol. The summed E-state index contributed by atoms with van der Waals surface area (Å²) in [6.45, 7) is 1.97. The molecule has 1 unspecified atom stereocenters. The number of aryl methyl sites for hydroxylation is 1. The maximum Gasteiger partial charge on any atom is 0.118 e. The van der Waals surface area contributed by atoms with Gasteiger partial charge in [0.15, 0.2) is 0 Å². The monoisotopic (exact) mass is 237 g/mol. The smallest absolute Gasteiger partial charge is 0.118 e. The molecule has 1 heterocycles. The quantitative estimate of drug-likeness (QED) is 0.832. The Morgan fingerprint density at radius 2 is 1.83 bits per heavy atom. The Bertz CT molecular complexity index is 549. The first kappa shape index (κ1) is 12.3. The topological polar surface area (TPSA) is 33.1 Å². The van der Waals surface area contributed by atoms with Crippen LogP contribution in [0.15, 0.2) is 42.6 Å². The highest BCUT2D eigenvalue weighted by Crippen LogP contribution is 2.19. The standard InChI is InChI=1S/C16H15NO/c1-3-16(18)10-13-5-8-14(9-6-13)15-7-4-12(2)17-11-15/h1,4-9,11,16,18H,10H2,2H3. The van der Waals surface area contributed by atoms with Gasteiger partial charge in [0.25, 0.3) is 0 Å². The van der Waals surface area contributed by atoms with Crippen LogP contribution in [0.1, 0.15) is 11.3 Å². The summed E-state index contributed by atoms with van der Waals surface area (Å²) < 4.78 is 0. The van der Waals surface area contributed by atoms with Gasteiger partial charge in [-0.15, -0.1) is 6.42 Å². The zero-order valence-electron chi connectivity index (χ0n) is 10.3. The number of aliphatic hydroxyl groups excluding tert-OH is 1. The van der Waals surface area contributed by atoms with Gasteiger partial charge in [-0.2, -0.15) is 0 Å². The Morgan fingerprint density at radius 1 is 1.17 bits per heavy atom. The van der Waals surface area contributed by atoms with Crippen LogP contribution in [-0.2, 0) is 6.42 Å². The molecule has 1 N–H and O–H groups in total. The van der Waals surface area contributed by atoms with Gasteiger partial charge in [0.05, 0.1) is 0 Å². The molecule has 0 amide bonds. The molecule has 2 heteroatoms. The molecule has 1 aromatic carbocycles. The first-order chi connectivity index (χ1) is 8.69. The summed E-state index contributed by atoms with van der Waals surface area (Å²) in [6, 6.07) is 12.0. The molecule has 2 rings (SSSR count). The van der Waals surface area contributed by atoms with Crippen molar-refractivity contribution in [1.82, 2.24) is 4.98 Å². The molecule has 0 aliphatic carbocycles. The van der Waals surface area contributed by atoms with Gasteiger partial charge < -0.3 is 5.11 Å². The fraction of sp³-hybridized carbons (Fsp3) is 0.188. The second-order valence-electron chi connectivity index (χ2n) is 4.27. The summed E-state index contributed by atoms with van der Waals surface area (Å²) in [7, 11) is 0. The van der Waals surface area contributed by atoms with Crippen molar-refractivity contribution in [2.45, 2.75) is 19.4 Å². The lowest BCUT2D eigenvalue weighted by Gasteiger charge is -2.06. The molecule has 0 aliphatic rings. The van der Waals surface area contributed by atoms with E-state index in [0.29, 0.717) is 6.42 Å². The van der Waals surface area contributed by atoms with E-state index < -0.39 is 6.10 Å². The van der Waals surface area contributed by atoms with Gasteiger partial charge in [-0.25, -0.2) is 0 Å². The first-order valence-corrected chi connectivity index (χ1v) is 5.85. The van der Waals surface area contributed by atoms with Crippen LogP contribution in [0.2, 0.25) is 0 Å². The molecule has 0 saturated heterocycles. The molecule has 0 fully saturated rings. The molecule has 0 radical (unpaired) electrons. The maximum absolute atomic E-state index is 9.38. The van der Waals surface area contributed by atoms with E-state index in [-0.39, 0.29) is 0 Å². The van der Waals surface area contributed by atoms with Crippen molar-refractivity contribution in [2.24, 2.45) is 0 Å². The number of benzene rings is 1. The average molecular weight is 237 g/mol. The van der Waals surface area contributed by atoms with Crippen molar-refractivity contribution in [2.75, 3.05) is 0 Å². The SMILES string of the molecule is C#CC(O)Cc1ccc(-c2ccc(C)nc2)cc1. The van der Waals surface area contributed by atoms with E-state index in [1.807, 2.05) is 49.5 Å². The molecule has 1 atom stereocenters. The molecule has 2 aromatic rings. The minimum atomic E-state index is -0.711. The Balaban J connectivity index is 2.17. The molecule has 0 spiro atoms. The van der Waals surface area contributed by atoms with Crippen LogP contribution in [-0.4, -0.2) is 16.2 Å². The Labute approximate surface area is 107 Å². The number of pyridine rings is 1. The minimum Gasteiger partial charge on any atom is -0.380 e. The van der Waals surface area contributed by atoms with E-state index >= 15 is 0 Å². The normalized spacial score (nSPS) is 11.8. The highest BCUT2D eigenvalue weighted by atomic mass is 16.3. The lowest BCUT2D eigenvalue weighted by atomic mass is 10.0. The summed E-state index contributed by atoms with van der Waals surface area (Å²) >= 11 is 0. The molecule has 90 valence electrons. The fourth-order valence-corrected chi connectivity index (χ4v) is 1.75. The summed E-state index contributed by atoms with van der Waals surface area (Å²) in [5, 5.41) is 9.38. The Morgan fingerprint density at radius 3 is 2.39 bits per heavy atom. The molecule has 0 aliphatic heterocycles. The minimum absolute atomic E-state index is 0.489. The van der Waals surface area contributed by atoms with E-state index in [1.54, 1.807) is 0 Å². The third kappa shape index (κ3) is 2.97. The summed E-state index contributed by atoms with van der Waals surface area (Å²) in [4.78, 5) is 4.27. The van der Waals surface area contributed by atoms with Crippen LogP contribution in [0, 0.1) is 19.3 Å². The zero-order valence-corrected chi connectivity index (χ0v) is 10.3. The van der Waals surface area contributed by atoms with Crippen molar-refractivity contribution in [3.63, 3.8) is 0 Å². The number of rotatable bonds is 3.